The lowest BCUT2D eigenvalue weighted by Gasteiger charge is -2.10. The first-order valence-corrected chi connectivity index (χ1v) is 8.58. The largest absolute Gasteiger partial charge is 0.494 e. The highest BCUT2D eigenvalue weighted by molar-refractivity contribution is 9.08. The van der Waals surface area contributed by atoms with Gasteiger partial charge in [-0.05, 0) is 29.8 Å². The lowest BCUT2D eigenvalue weighted by atomic mass is 10.2. The van der Waals surface area contributed by atoms with Crippen molar-refractivity contribution in [3.05, 3.63) is 53.8 Å². The summed E-state index contributed by atoms with van der Waals surface area (Å²) in [5.41, 5.74) is 1.20. The minimum atomic E-state index is -3.72. The van der Waals surface area contributed by atoms with Crippen LogP contribution in [0, 0.1) is 5.82 Å². The van der Waals surface area contributed by atoms with Gasteiger partial charge in [-0.1, -0.05) is 28.1 Å². The van der Waals surface area contributed by atoms with Crippen LogP contribution in [0.2, 0.25) is 0 Å². The van der Waals surface area contributed by atoms with Crippen molar-refractivity contribution >= 4 is 31.6 Å². The molecule has 0 heterocycles. The van der Waals surface area contributed by atoms with Gasteiger partial charge in [0.25, 0.3) is 10.0 Å². The molecule has 2 rings (SSSR count). The third kappa shape index (κ3) is 3.74. The molecular weight excluding hydrogens is 361 g/mol. The van der Waals surface area contributed by atoms with Gasteiger partial charge in [0.05, 0.1) is 17.7 Å². The highest BCUT2D eigenvalue weighted by atomic mass is 79.9. The quantitative estimate of drug-likeness (QED) is 0.815. The molecule has 0 aliphatic rings. The van der Waals surface area contributed by atoms with Gasteiger partial charge in [0.2, 0.25) is 0 Å². The van der Waals surface area contributed by atoms with Gasteiger partial charge in [-0.15, -0.1) is 0 Å². The van der Waals surface area contributed by atoms with Crippen LogP contribution >= 0.6 is 15.9 Å². The zero-order valence-corrected chi connectivity index (χ0v) is 13.5. The van der Waals surface area contributed by atoms with E-state index in [4.69, 9.17) is 4.74 Å². The predicted molar refractivity (Wildman–Crippen MR) is 82.8 cm³/mol. The molecule has 0 saturated carbocycles. The zero-order chi connectivity index (χ0) is 15.5. The molecule has 112 valence electrons. The third-order valence-corrected chi connectivity index (χ3v) is 4.84. The lowest BCUT2D eigenvalue weighted by Crippen LogP contribution is -2.13. The molecule has 0 bridgehead atoms. The second kappa shape index (κ2) is 6.44. The fourth-order valence-electron chi connectivity index (χ4n) is 1.70. The number of anilines is 1. The molecule has 0 atom stereocenters. The molecule has 0 aliphatic heterocycles. The minimum absolute atomic E-state index is 0.0233. The summed E-state index contributed by atoms with van der Waals surface area (Å²) in [7, 11) is -2.40. The Morgan fingerprint density at radius 2 is 1.86 bits per heavy atom. The summed E-state index contributed by atoms with van der Waals surface area (Å²) in [6, 6.07) is 10.2. The van der Waals surface area contributed by atoms with Crippen LogP contribution in [-0.4, -0.2) is 15.5 Å². The summed E-state index contributed by atoms with van der Waals surface area (Å²) in [5.74, 6) is -0.577. The van der Waals surface area contributed by atoms with E-state index in [9.17, 15) is 12.8 Å². The molecule has 0 saturated heterocycles. The zero-order valence-electron chi connectivity index (χ0n) is 11.1. The fraction of sp³-hybridized carbons (Fsp3) is 0.143. The van der Waals surface area contributed by atoms with Gasteiger partial charge in [-0.2, -0.15) is 0 Å². The molecule has 0 radical (unpaired) electrons. The Balaban J connectivity index is 2.28. The maximum atomic E-state index is 13.3. The van der Waals surface area contributed by atoms with Gasteiger partial charge >= 0.3 is 0 Å². The molecule has 0 fully saturated rings. The maximum absolute atomic E-state index is 13.3. The lowest BCUT2D eigenvalue weighted by molar-refractivity contribution is 0.387. The Hall–Kier alpha value is -1.60. The van der Waals surface area contributed by atoms with Gasteiger partial charge in [0, 0.05) is 11.4 Å². The van der Waals surface area contributed by atoms with E-state index in [0.717, 1.165) is 11.6 Å². The smallest absolute Gasteiger partial charge is 0.261 e. The number of sulfonamides is 1. The first kappa shape index (κ1) is 15.8. The maximum Gasteiger partial charge on any atom is 0.261 e. The van der Waals surface area contributed by atoms with Crippen LogP contribution in [-0.2, 0) is 15.4 Å². The van der Waals surface area contributed by atoms with E-state index in [2.05, 4.69) is 20.7 Å². The van der Waals surface area contributed by atoms with E-state index in [-0.39, 0.29) is 16.3 Å². The van der Waals surface area contributed by atoms with Crippen molar-refractivity contribution < 1.29 is 17.5 Å². The standard InChI is InChI=1S/C14H13BrFNO3S/c1-20-14-8-11(4-7-13(14)16)17-21(18,19)12-5-2-10(9-15)3-6-12/h2-8,17H,9H2,1H3. The third-order valence-electron chi connectivity index (χ3n) is 2.79. The summed E-state index contributed by atoms with van der Waals surface area (Å²) in [6.45, 7) is 0. The highest BCUT2D eigenvalue weighted by Crippen LogP contribution is 2.24. The van der Waals surface area contributed by atoms with Crippen LogP contribution < -0.4 is 9.46 Å². The van der Waals surface area contributed by atoms with E-state index in [1.54, 1.807) is 12.1 Å². The van der Waals surface area contributed by atoms with Crippen molar-refractivity contribution in [1.29, 1.82) is 0 Å². The van der Waals surface area contributed by atoms with Crippen molar-refractivity contribution in [3.63, 3.8) is 0 Å². The first-order chi connectivity index (χ1) is 9.96. The number of halogens is 2. The molecule has 0 aliphatic carbocycles. The van der Waals surface area contributed by atoms with E-state index < -0.39 is 15.8 Å². The van der Waals surface area contributed by atoms with Crippen molar-refractivity contribution in [1.82, 2.24) is 0 Å². The second-order valence-electron chi connectivity index (χ2n) is 4.23. The van der Waals surface area contributed by atoms with Gasteiger partial charge in [0.15, 0.2) is 11.6 Å². The molecule has 1 N–H and O–H groups in total. The van der Waals surface area contributed by atoms with E-state index >= 15 is 0 Å². The molecule has 21 heavy (non-hydrogen) atoms. The molecule has 2 aromatic carbocycles. The van der Waals surface area contributed by atoms with Crippen LogP contribution in [0.25, 0.3) is 0 Å². The number of hydrogen-bond acceptors (Lipinski definition) is 3. The summed E-state index contributed by atoms with van der Waals surface area (Å²) in [6.07, 6.45) is 0. The average Bonchev–Trinajstić information content (AvgIpc) is 2.49. The van der Waals surface area contributed by atoms with Crippen molar-refractivity contribution in [2.24, 2.45) is 0 Å². The second-order valence-corrected chi connectivity index (χ2v) is 6.48. The highest BCUT2D eigenvalue weighted by Gasteiger charge is 2.15. The Kier molecular flexibility index (Phi) is 4.84. The topological polar surface area (TPSA) is 55.4 Å². The molecule has 7 heteroatoms. The molecule has 0 aromatic heterocycles. The van der Waals surface area contributed by atoms with Crippen LogP contribution in [0.3, 0.4) is 0 Å². The summed E-state index contributed by atoms with van der Waals surface area (Å²) in [4.78, 5) is 0.135. The number of ether oxygens (including phenoxy) is 1. The van der Waals surface area contributed by atoms with E-state index in [0.29, 0.717) is 5.33 Å². The number of alkyl halides is 1. The average molecular weight is 374 g/mol. The van der Waals surface area contributed by atoms with E-state index in [1.165, 1.54) is 31.4 Å². The molecule has 0 spiro atoms. The number of methoxy groups -OCH3 is 1. The number of rotatable bonds is 5. The van der Waals surface area contributed by atoms with Gasteiger partial charge < -0.3 is 4.74 Å². The number of hydrogen-bond donors (Lipinski definition) is 1. The summed E-state index contributed by atoms with van der Waals surface area (Å²) >= 11 is 3.29. The van der Waals surface area contributed by atoms with Gasteiger partial charge in [-0.3, -0.25) is 4.72 Å². The molecule has 2 aromatic rings. The number of benzene rings is 2. The van der Waals surface area contributed by atoms with Crippen molar-refractivity contribution in [3.8, 4) is 5.75 Å². The van der Waals surface area contributed by atoms with Crippen LogP contribution in [0.4, 0.5) is 10.1 Å². The number of nitrogens with one attached hydrogen (secondary N) is 1. The van der Waals surface area contributed by atoms with Crippen molar-refractivity contribution in [2.75, 3.05) is 11.8 Å². The molecule has 0 unspecified atom stereocenters. The monoisotopic (exact) mass is 373 g/mol. The predicted octanol–water partition coefficient (Wildman–Crippen LogP) is 3.53. The Morgan fingerprint density at radius 1 is 1.19 bits per heavy atom. The normalized spacial score (nSPS) is 11.2. The van der Waals surface area contributed by atoms with Crippen LogP contribution in [0.5, 0.6) is 5.75 Å². The van der Waals surface area contributed by atoms with Crippen molar-refractivity contribution in [2.45, 2.75) is 10.2 Å². The van der Waals surface area contributed by atoms with Crippen LogP contribution in [0.1, 0.15) is 5.56 Å². The van der Waals surface area contributed by atoms with Gasteiger partial charge in [0.1, 0.15) is 0 Å². The van der Waals surface area contributed by atoms with E-state index in [1.807, 2.05) is 0 Å². The first-order valence-electron chi connectivity index (χ1n) is 5.97. The minimum Gasteiger partial charge on any atom is -0.494 e. The molecule has 0 amide bonds. The fourth-order valence-corrected chi connectivity index (χ4v) is 3.12. The summed E-state index contributed by atoms with van der Waals surface area (Å²) in [5, 5.41) is 0.649. The molecule has 4 nitrogen and oxygen atoms in total. The SMILES string of the molecule is COc1cc(NS(=O)(=O)c2ccc(CBr)cc2)ccc1F. The Morgan fingerprint density at radius 3 is 2.43 bits per heavy atom. The van der Waals surface area contributed by atoms with Gasteiger partial charge in [-0.25, -0.2) is 12.8 Å². The van der Waals surface area contributed by atoms with Crippen LogP contribution in [0.15, 0.2) is 47.4 Å². The Labute approximate surface area is 131 Å². The Bertz CT molecular complexity index is 732. The molecular formula is C14H13BrFNO3S. The summed E-state index contributed by atoms with van der Waals surface area (Å²) < 4.78 is 45.0.